The molecule has 0 amide bonds. The van der Waals surface area contributed by atoms with E-state index in [0.29, 0.717) is 12.3 Å². The van der Waals surface area contributed by atoms with Gasteiger partial charge in [-0.2, -0.15) is 0 Å². The summed E-state index contributed by atoms with van der Waals surface area (Å²) in [6.07, 6.45) is 10.6. The van der Waals surface area contributed by atoms with Gasteiger partial charge in [-0.1, -0.05) is 13.8 Å². The van der Waals surface area contributed by atoms with Crippen molar-refractivity contribution in [3.05, 3.63) is 0 Å². The van der Waals surface area contributed by atoms with Gasteiger partial charge in [-0.3, -0.25) is 4.79 Å². The van der Waals surface area contributed by atoms with Gasteiger partial charge in [-0.05, 0) is 69.1 Å². The van der Waals surface area contributed by atoms with Crippen molar-refractivity contribution < 1.29 is 9.53 Å². The Morgan fingerprint density at radius 2 is 1.67 bits per heavy atom. The maximum atomic E-state index is 11.9. The molecule has 0 aromatic carbocycles. The molecule has 0 aromatic rings. The van der Waals surface area contributed by atoms with E-state index in [1.54, 1.807) is 0 Å². The Labute approximate surface area is 111 Å². The minimum Gasteiger partial charge on any atom is -0.462 e. The normalized spacial score (nSPS) is 29.7. The molecule has 0 aliphatic heterocycles. The van der Waals surface area contributed by atoms with E-state index in [1.807, 2.05) is 0 Å². The maximum absolute atomic E-state index is 11.9. The fourth-order valence-electron chi connectivity index (χ4n) is 3.53. The second kappa shape index (κ2) is 6.58. The van der Waals surface area contributed by atoms with Crippen LogP contribution in [0.5, 0.6) is 0 Å². The summed E-state index contributed by atoms with van der Waals surface area (Å²) in [4.78, 5) is 11.9. The summed E-state index contributed by atoms with van der Waals surface area (Å²) in [6.45, 7) is 4.64. The predicted octanol–water partition coefficient (Wildman–Crippen LogP) is 4.32. The molecule has 2 rings (SSSR count). The lowest BCUT2D eigenvalue weighted by molar-refractivity contribution is -0.150. The van der Waals surface area contributed by atoms with Crippen molar-refractivity contribution in [2.75, 3.05) is 0 Å². The molecule has 0 atom stereocenters. The van der Waals surface area contributed by atoms with Gasteiger partial charge in [-0.15, -0.1) is 0 Å². The Morgan fingerprint density at radius 3 is 2.22 bits per heavy atom. The van der Waals surface area contributed by atoms with E-state index in [4.69, 9.17) is 4.74 Å². The summed E-state index contributed by atoms with van der Waals surface area (Å²) in [6, 6.07) is 0. The van der Waals surface area contributed by atoms with E-state index in [0.717, 1.165) is 24.7 Å². The zero-order chi connectivity index (χ0) is 13.0. The van der Waals surface area contributed by atoms with Crippen LogP contribution in [0.15, 0.2) is 0 Å². The quantitative estimate of drug-likeness (QED) is 0.696. The Balaban J connectivity index is 1.66. The summed E-state index contributed by atoms with van der Waals surface area (Å²) < 4.78 is 5.55. The van der Waals surface area contributed by atoms with E-state index in [1.165, 1.54) is 38.5 Å². The Bertz CT molecular complexity index is 258. The van der Waals surface area contributed by atoms with Crippen molar-refractivity contribution in [2.24, 2.45) is 17.8 Å². The zero-order valence-electron chi connectivity index (χ0n) is 12.0. The molecule has 2 aliphatic rings. The van der Waals surface area contributed by atoms with Crippen molar-refractivity contribution in [1.82, 2.24) is 0 Å². The van der Waals surface area contributed by atoms with Gasteiger partial charge in [0.1, 0.15) is 6.10 Å². The molecule has 18 heavy (non-hydrogen) atoms. The van der Waals surface area contributed by atoms with Crippen molar-refractivity contribution in [2.45, 2.75) is 77.7 Å². The standard InChI is InChI=1S/C16H28O2/c1-12(2)14-9-7-13(8-10-14)11-16(17)18-15-5-3-4-6-15/h12-15H,3-11H2,1-2H3. The molecule has 2 fully saturated rings. The van der Waals surface area contributed by atoms with Crippen molar-refractivity contribution in [3.8, 4) is 0 Å². The van der Waals surface area contributed by atoms with Gasteiger partial charge in [0, 0.05) is 6.42 Å². The maximum Gasteiger partial charge on any atom is 0.306 e. The van der Waals surface area contributed by atoms with Gasteiger partial charge >= 0.3 is 5.97 Å². The molecule has 104 valence electrons. The third kappa shape index (κ3) is 4.00. The van der Waals surface area contributed by atoms with Crippen molar-refractivity contribution in [1.29, 1.82) is 0 Å². The number of ether oxygens (including phenoxy) is 1. The van der Waals surface area contributed by atoms with E-state index in [9.17, 15) is 4.79 Å². The minimum atomic E-state index is 0.0647. The van der Waals surface area contributed by atoms with Crippen LogP contribution in [0.2, 0.25) is 0 Å². The van der Waals surface area contributed by atoms with Crippen LogP contribution in [0.4, 0.5) is 0 Å². The molecule has 0 unspecified atom stereocenters. The average Bonchev–Trinajstić information content (AvgIpc) is 2.82. The fourth-order valence-corrected chi connectivity index (χ4v) is 3.53. The fraction of sp³-hybridized carbons (Fsp3) is 0.938. The summed E-state index contributed by atoms with van der Waals surface area (Å²) in [5, 5.41) is 0. The highest BCUT2D eigenvalue weighted by Crippen LogP contribution is 2.35. The third-order valence-corrected chi connectivity index (χ3v) is 4.89. The molecule has 2 heteroatoms. The number of rotatable bonds is 4. The first kappa shape index (κ1) is 13.9. The SMILES string of the molecule is CC(C)C1CCC(CC(=O)OC2CCCC2)CC1. The first-order valence-electron chi connectivity index (χ1n) is 7.84. The van der Waals surface area contributed by atoms with Crippen molar-refractivity contribution >= 4 is 5.97 Å². The third-order valence-electron chi connectivity index (χ3n) is 4.89. The second-order valence-electron chi connectivity index (χ2n) is 6.63. The van der Waals surface area contributed by atoms with Gasteiger partial charge in [0.15, 0.2) is 0 Å². The number of esters is 1. The number of carbonyl (C=O) groups excluding carboxylic acids is 1. The summed E-state index contributed by atoms with van der Waals surface area (Å²) in [5.74, 6) is 2.34. The van der Waals surface area contributed by atoms with E-state index < -0.39 is 0 Å². The molecule has 2 saturated carbocycles. The molecular formula is C16H28O2. The van der Waals surface area contributed by atoms with E-state index >= 15 is 0 Å². The van der Waals surface area contributed by atoms with Crippen LogP contribution < -0.4 is 0 Å². The van der Waals surface area contributed by atoms with Crippen LogP contribution in [0, 0.1) is 17.8 Å². The highest BCUT2D eigenvalue weighted by atomic mass is 16.5. The van der Waals surface area contributed by atoms with Crippen LogP contribution in [0.3, 0.4) is 0 Å². The minimum absolute atomic E-state index is 0.0647. The van der Waals surface area contributed by atoms with Gasteiger partial charge < -0.3 is 4.74 Å². The lowest BCUT2D eigenvalue weighted by Crippen LogP contribution is -2.23. The molecule has 0 N–H and O–H groups in total. The van der Waals surface area contributed by atoms with Gasteiger partial charge in [0.2, 0.25) is 0 Å². The van der Waals surface area contributed by atoms with Crippen LogP contribution in [0.1, 0.15) is 71.6 Å². The van der Waals surface area contributed by atoms with E-state index in [2.05, 4.69) is 13.8 Å². The van der Waals surface area contributed by atoms with Crippen LogP contribution in [0.25, 0.3) is 0 Å². The van der Waals surface area contributed by atoms with Gasteiger partial charge in [-0.25, -0.2) is 0 Å². The summed E-state index contributed by atoms with van der Waals surface area (Å²) >= 11 is 0. The molecule has 2 nitrogen and oxygen atoms in total. The smallest absolute Gasteiger partial charge is 0.306 e. The largest absolute Gasteiger partial charge is 0.462 e. The Morgan fingerprint density at radius 1 is 1.06 bits per heavy atom. The first-order valence-corrected chi connectivity index (χ1v) is 7.84. The highest BCUT2D eigenvalue weighted by Gasteiger charge is 2.26. The topological polar surface area (TPSA) is 26.3 Å². The van der Waals surface area contributed by atoms with Crippen LogP contribution in [-0.2, 0) is 9.53 Å². The average molecular weight is 252 g/mol. The second-order valence-corrected chi connectivity index (χ2v) is 6.63. The molecule has 0 radical (unpaired) electrons. The molecule has 2 aliphatic carbocycles. The predicted molar refractivity (Wildman–Crippen MR) is 73.3 cm³/mol. The Kier molecular flexibility index (Phi) is 5.08. The van der Waals surface area contributed by atoms with E-state index in [-0.39, 0.29) is 12.1 Å². The molecular weight excluding hydrogens is 224 g/mol. The van der Waals surface area contributed by atoms with Gasteiger partial charge in [0.25, 0.3) is 0 Å². The first-order chi connectivity index (χ1) is 8.65. The lowest BCUT2D eigenvalue weighted by Gasteiger charge is -2.30. The zero-order valence-corrected chi connectivity index (χ0v) is 12.0. The van der Waals surface area contributed by atoms with Crippen LogP contribution >= 0.6 is 0 Å². The molecule has 0 bridgehead atoms. The summed E-state index contributed by atoms with van der Waals surface area (Å²) in [5.41, 5.74) is 0. The summed E-state index contributed by atoms with van der Waals surface area (Å²) in [7, 11) is 0. The molecule has 0 heterocycles. The Hall–Kier alpha value is -0.530. The molecule has 0 aromatic heterocycles. The number of hydrogen-bond donors (Lipinski definition) is 0. The monoisotopic (exact) mass is 252 g/mol. The van der Waals surface area contributed by atoms with Crippen LogP contribution in [-0.4, -0.2) is 12.1 Å². The highest BCUT2D eigenvalue weighted by molar-refractivity contribution is 5.69. The lowest BCUT2D eigenvalue weighted by atomic mass is 9.76. The van der Waals surface area contributed by atoms with Crippen molar-refractivity contribution in [3.63, 3.8) is 0 Å². The number of hydrogen-bond acceptors (Lipinski definition) is 2. The van der Waals surface area contributed by atoms with Gasteiger partial charge in [0.05, 0.1) is 0 Å². The molecule has 0 spiro atoms. The number of carbonyl (C=O) groups is 1. The molecule has 0 saturated heterocycles.